The molecule has 1 aromatic carbocycles. The minimum atomic E-state index is -0.561. The van der Waals surface area contributed by atoms with Gasteiger partial charge in [-0.2, -0.15) is 0 Å². The van der Waals surface area contributed by atoms with Gasteiger partial charge in [0, 0.05) is 18.2 Å². The van der Waals surface area contributed by atoms with Crippen LogP contribution in [-0.4, -0.2) is 6.61 Å². The maximum Gasteiger partial charge on any atom is 0.131 e. The van der Waals surface area contributed by atoms with Gasteiger partial charge in [0.2, 0.25) is 0 Å². The summed E-state index contributed by atoms with van der Waals surface area (Å²) in [5.41, 5.74) is 0.403. The number of halogens is 2. The zero-order valence-corrected chi connectivity index (χ0v) is 8.39. The van der Waals surface area contributed by atoms with Crippen LogP contribution in [0.25, 0.3) is 0 Å². The first-order valence-electron chi connectivity index (χ1n) is 4.71. The summed E-state index contributed by atoms with van der Waals surface area (Å²) in [6, 6.07) is 3.54. The van der Waals surface area contributed by atoms with Crippen molar-refractivity contribution >= 4 is 0 Å². The summed E-state index contributed by atoms with van der Waals surface area (Å²) in [5, 5.41) is 0. The Balaban J connectivity index is 2.74. The number of hydrogen-bond donors (Lipinski definition) is 0. The first kappa shape index (κ1) is 11.1. The molecule has 14 heavy (non-hydrogen) atoms. The molecule has 0 aliphatic carbocycles. The molecule has 0 heterocycles. The van der Waals surface area contributed by atoms with Gasteiger partial charge in [0.05, 0.1) is 6.10 Å². The van der Waals surface area contributed by atoms with Crippen molar-refractivity contribution in [3.63, 3.8) is 0 Å². The van der Waals surface area contributed by atoms with Crippen molar-refractivity contribution in [2.75, 3.05) is 6.61 Å². The van der Waals surface area contributed by atoms with Crippen LogP contribution in [0.15, 0.2) is 18.2 Å². The molecule has 0 bridgehead atoms. The summed E-state index contributed by atoms with van der Waals surface area (Å²) in [5.74, 6) is -1.11. The topological polar surface area (TPSA) is 9.23 Å². The highest BCUT2D eigenvalue weighted by molar-refractivity contribution is 5.20. The maximum absolute atomic E-state index is 13.2. The van der Waals surface area contributed by atoms with Gasteiger partial charge in [0.1, 0.15) is 11.6 Å². The zero-order chi connectivity index (χ0) is 10.6. The smallest absolute Gasteiger partial charge is 0.131 e. The molecule has 0 N–H and O–H groups in total. The molecule has 1 nitrogen and oxygen atoms in total. The Morgan fingerprint density at radius 2 is 2.07 bits per heavy atom. The lowest BCUT2D eigenvalue weighted by atomic mass is 10.1. The SMILES string of the molecule is CCCOC(C)c1ccc(F)cc1F. The normalized spacial score (nSPS) is 12.9. The molecule has 0 aliphatic heterocycles. The summed E-state index contributed by atoms with van der Waals surface area (Å²) in [7, 11) is 0. The molecule has 0 saturated carbocycles. The molecule has 1 unspecified atom stereocenters. The van der Waals surface area contributed by atoms with Gasteiger partial charge >= 0.3 is 0 Å². The van der Waals surface area contributed by atoms with E-state index in [2.05, 4.69) is 0 Å². The zero-order valence-electron chi connectivity index (χ0n) is 8.39. The third kappa shape index (κ3) is 2.77. The van der Waals surface area contributed by atoms with Crippen LogP contribution in [-0.2, 0) is 4.74 Å². The highest BCUT2D eigenvalue weighted by Crippen LogP contribution is 2.20. The Hall–Kier alpha value is -0.960. The summed E-state index contributed by atoms with van der Waals surface area (Å²) in [6.07, 6.45) is 0.559. The minimum Gasteiger partial charge on any atom is -0.374 e. The average molecular weight is 200 g/mol. The number of ether oxygens (including phenoxy) is 1. The van der Waals surface area contributed by atoms with E-state index >= 15 is 0 Å². The largest absolute Gasteiger partial charge is 0.374 e. The van der Waals surface area contributed by atoms with Crippen LogP contribution in [0.2, 0.25) is 0 Å². The predicted molar refractivity (Wildman–Crippen MR) is 51.0 cm³/mol. The summed E-state index contributed by atoms with van der Waals surface area (Å²) in [4.78, 5) is 0. The van der Waals surface area contributed by atoms with Crippen LogP contribution in [0.4, 0.5) is 8.78 Å². The van der Waals surface area contributed by atoms with E-state index in [-0.39, 0.29) is 6.10 Å². The van der Waals surface area contributed by atoms with Crippen LogP contribution in [0.3, 0.4) is 0 Å². The van der Waals surface area contributed by atoms with E-state index in [0.717, 1.165) is 12.5 Å². The number of rotatable bonds is 4. The second-order valence-electron chi connectivity index (χ2n) is 3.18. The van der Waals surface area contributed by atoms with Gasteiger partial charge in [0.25, 0.3) is 0 Å². The van der Waals surface area contributed by atoms with Crippen molar-refractivity contribution in [3.05, 3.63) is 35.4 Å². The van der Waals surface area contributed by atoms with Gasteiger partial charge in [-0.05, 0) is 19.4 Å². The molecule has 0 saturated heterocycles. The Labute approximate surface area is 82.7 Å². The monoisotopic (exact) mass is 200 g/mol. The molecule has 1 aromatic rings. The first-order chi connectivity index (χ1) is 6.65. The third-order valence-electron chi connectivity index (χ3n) is 1.97. The first-order valence-corrected chi connectivity index (χ1v) is 4.71. The fraction of sp³-hybridized carbons (Fsp3) is 0.455. The van der Waals surface area contributed by atoms with Crippen molar-refractivity contribution < 1.29 is 13.5 Å². The molecule has 0 aliphatic rings. The van der Waals surface area contributed by atoms with E-state index in [1.54, 1.807) is 6.92 Å². The molecular formula is C11H14F2O. The average Bonchev–Trinajstić information content (AvgIpc) is 2.14. The lowest BCUT2D eigenvalue weighted by Gasteiger charge is -2.13. The summed E-state index contributed by atoms with van der Waals surface area (Å²) in [6.45, 7) is 4.32. The standard InChI is InChI=1S/C11H14F2O/c1-3-6-14-8(2)10-5-4-9(12)7-11(10)13/h4-5,7-8H,3,6H2,1-2H3. The van der Waals surface area contributed by atoms with E-state index < -0.39 is 11.6 Å². The lowest BCUT2D eigenvalue weighted by molar-refractivity contribution is 0.0637. The van der Waals surface area contributed by atoms with E-state index in [9.17, 15) is 8.78 Å². The van der Waals surface area contributed by atoms with Gasteiger partial charge < -0.3 is 4.74 Å². The molecule has 0 fully saturated rings. The summed E-state index contributed by atoms with van der Waals surface area (Å²) < 4.78 is 31.1. The van der Waals surface area contributed by atoms with Gasteiger partial charge in [-0.25, -0.2) is 8.78 Å². The third-order valence-corrected chi connectivity index (χ3v) is 1.97. The molecule has 1 atom stereocenters. The predicted octanol–water partition coefficient (Wildman–Crippen LogP) is 3.45. The second kappa shape index (κ2) is 5.05. The Kier molecular flexibility index (Phi) is 4.01. The van der Waals surface area contributed by atoms with Gasteiger partial charge in [-0.15, -0.1) is 0 Å². The molecule has 0 amide bonds. The van der Waals surface area contributed by atoms with E-state index in [1.165, 1.54) is 12.1 Å². The minimum absolute atomic E-state index is 0.324. The van der Waals surface area contributed by atoms with Gasteiger partial charge in [-0.3, -0.25) is 0 Å². The quantitative estimate of drug-likeness (QED) is 0.723. The van der Waals surface area contributed by atoms with Crippen molar-refractivity contribution in [2.45, 2.75) is 26.4 Å². The second-order valence-corrected chi connectivity index (χ2v) is 3.18. The number of benzene rings is 1. The molecule has 0 spiro atoms. The molecule has 3 heteroatoms. The van der Waals surface area contributed by atoms with Crippen LogP contribution in [0.1, 0.15) is 31.9 Å². The van der Waals surface area contributed by atoms with E-state index in [4.69, 9.17) is 4.74 Å². The van der Waals surface area contributed by atoms with Crippen molar-refractivity contribution in [1.29, 1.82) is 0 Å². The van der Waals surface area contributed by atoms with Crippen LogP contribution in [0, 0.1) is 11.6 Å². The Bertz CT molecular complexity index is 299. The van der Waals surface area contributed by atoms with Crippen LogP contribution in [0.5, 0.6) is 0 Å². The lowest BCUT2D eigenvalue weighted by Crippen LogP contribution is -2.03. The molecule has 78 valence electrons. The van der Waals surface area contributed by atoms with Crippen molar-refractivity contribution in [3.8, 4) is 0 Å². The molecule has 0 radical (unpaired) electrons. The van der Waals surface area contributed by atoms with Crippen LogP contribution < -0.4 is 0 Å². The highest BCUT2D eigenvalue weighted by Gasteiger charge is 2.11. The molecular weight excluding hydrogens is 186 g/mol. The summed E-state index contributed by atoms with van der Waals surface area (Å²) >= 11 is 0. The fourth-order valence-corrected chi connectivity index (χ4v) is 1.22. The van der Waals surface area contributed by atoms with Gasteiger partial charge in [0.15, 0.2) is 0 Å². The van der Waals surface area contributed by atoms with Gasteiger partial charge in [-0.1, -0.05) is 13.0 Å². The van der Waals surface area contributed by atoms with E-state index in [1.807, 2.05) is 6.92 Å². The Morgan fingerprint density at radius 1 is 1.36 bits per heavy atom. The fourth-order valence-electron chi connectivity index (χ4n) is 1.22. The Morgan fingerprint density at radius 3 is 2.64 bits per heavy atom. The molecule has 0 aromatic heterocycles. The van der Waals surface area contributed by atoms with Crippen LogP contribution >= 0.6 is 0 Å². The maximum atomic E-state index is 13.2. The number of hydrogen-bond acceptors (Lipinski definition) is 1. The van der Waals surface area contributed by atoms with Crippen molar-refractivity contribution in [1.82, 2.24) is 0 Å². The van der Waals surface area contributed by atoms with E-state index in [0.29, 0.717) is 12.2 Å². The molecule has 1 rings (SSSR count). The van der Waals surface area contributed by atoms with Crippen molar-refractivity contribution in [2.24, 2.45) is 0 Å². The highest BCUT2D eigenvalue weighted by atomic mass is 19.1.